The second-order valence-electron chi connectivity index (χ2n) is 5.80. The number of aryl methyl sites for hydroxylation is 1. The van der Waals surface area contributed by atoms with E-state index in [4.69, 9.17) is 20.6 Å². The molecule has 11 heteroatoms. The van der Waals surface area contributed by atoms with Gasteiger partial charge in [-0.15, -0.1) is 11.6 Å². The zero-order valence-corrected chi connectivity index (χ0v) is 17.9. The molecule has 0 amide bonds. The molecule has 0 aliphatic heterocycles. The summed E-state index contributed by atoms with van der Waals surface area (Å²) in [5, 5.41) is 9.65. The van der Waals surface area contributed by atoms with Gasteiger partial charge in [-0.1, -0.05) is 29.8 Å². The van der Waals surface area contributed by atoms with Crippen molar-refractivity contribution in [3.63, 3.8) is 0 Å². The number of non-ortho nitro benzene ring substituents is 1. The molecule has 0 aliphatic rings. The van der Waals surface area contributed by atoms with Gasteiger partial charge in [-0.05, 0) is 24.6 Å². The Morgan fingerprint density at radius 3 is 2.11 bits per heavy atom. The Hall–Kier alpha value is -1.61. The highest BCUT2D eigenvalue weighted by Crippen LogP contribution is 2.57. The fourth-order valence-corrected chi connectivity index (χ4v) is 5.44. The molecule has 0 aromatic heterocycles. The van der Waals surface area contributed by atoms with Crippen molar-refractivity contribution in [1.82, 2.24) is 4.72 Å². The third-order valence-electron chi connectivity index (χ3n) is 4.02. The lowest BCUT2D eigenvalue weighted by Gasteiger charge is -2.27. The highest BCUT2D eigenvalue weighted by molar-refractivity contribution is 7.83. The maximum Gasteiger partial charge on any atom is 0.349 e. The standard InChI is InChI=1S/C17H20ClN2O6PS/c1-12-4-10-15(11-5-12)28(24)19-16(17(18)27(23,25-2)26-3)13-6-8-14(9-7-13)20(21)22/h4-11,16-17,19H,1-3H3/t16-,17-,28+/m1/s1. The summed E-state index contributed by atoms with van der Waals surface area (Å²) >= 11 is 6.40. The molecule has 2 rings (SSSR count). The molecule has 0 spiro atoms. The summed E-state index contributed by atoms with van der Waals surface area (Å²) in [7, 11) is -3.05. The van der Waals surface area contributed by atoms with Gasteiger partial charge in [0.2, 0.25) is 0 Å². The normalized spacial score (nSPS) is 15.0. The van der Waals surface area contributed by atoms with Gasteiger partial charge in [0.25, 0.3) is 5.69 Å². The molecule has 0 bridgehead atoms. The van der Waals surface area contributed by atoms with Crippen molar-refractivity contribution in [3.05, 3.63) is 69.8 Å². The predicted molar refractivity (Wildman–Crippen MR) is 108 cm³/mol. The molecule has 0 fully saturated rings. The van der Waals surface area contributed by atoms with Crippen molar-refractivity contribution in [3.8, 4) is 0 Å². The molecule has 0 heterocycles. The Balaban J connectivity index is 2.40. The van der Waals surface area contributed by atoms with E-state index in [9.17, 15) is 18.9 Å². The number of rotatable bonds is 9. The van der Waals surface area contributed by atoms with Crippen molar-refractivity contribution >= 4 is 35.9 Å². The van der Waals surface area contributed by atoms with Gasteiger partial charge in [0.05, 0.1) is 15.9 Å². The number of alkyl halides is 1. The number of hydrogen-bond acceptors (Lipinski definition) is 6. The maximum atomic E-state index is 12.8. The lowest BCUT2D eigenvalue weighted by atomic mass is 10.1. The number of nitro groups is 1. The molecule has 0 aliphatic carbocycles. The number of nitrogens with one attached hydrogen (secondary N) is 1. The first-order valence-electron chi connectivity index (χ1n) is 8.06. The molecule has 152 valence electrons. The average Bonchev–Trinajstić information content (AvgIpc) is 2.71. The Bertz CT molecular complexity index is 886. The van der Waals surface area contributed by atoms with E-state index in [1.165, 1.54) is 38.5 Å². The summed E-state index contributed by atoms with van der Waals surface area (Å²) < 4.78 is 38.3. The molecule has 0 radical (unpaired) electrons. The lowest BCUT2D eigenvalue weighted by molar-refractivity contribution is -0.384. The third kappa shape index (κ3) is 5.26. The van der Waals surface area contributed by atoms with E-state index in [0.717, 1.165) is 5.56 Å². The van der Waals surface area contributed by atoms with E-state index < -0.39 is 34.7 Å². The van der Waals surface area contributed by atoms with Gasteiger partial charge in [0, 0.05) is 26.4 Å². The van der Waals surface area contributed by atoms with Crippen LogP contribution in [0.5, 0.6) is 0 Å². The van der Waals surface area contributed by atoms with Crippen LogP contribution in [0.25, 0.3) is 0 Å². The first kappa shape index (κ1) is 22.7. The first-order valence-corrected chi connectivity index (χ1v) is 11.3. The summed E-state index contributed by atoms with van der Waals surface area (Å²) in [5.41, 5.74) is 1.33. The smallest absolute Gasteiger partial charge is 0.311 e. The summed E-state index contributed by atoms with van der Waals surface area (Å²) in [5.74, 6) is 0. The third-order valence-corrected chi connectivity index (χ3v) is 8.08. The van der Waals surface area contributed by atoms with Gasteiger partial charge < -0.3 is 9.05 Å². The molecule has 2 aromatic carbocycles. The summed E-state index contributed by atoms with van der Waals surface area (Å²) in [6.45, 7) is 1.90. The second kappa shape index (κ2) is 9.73. The van der Waals surface area contributed by atoms with Crippen LogP contribution in [0.4, 0.5) is 5.69 Å². The molecular formula is C17H20ClN2O6PS. The monoisotopic (exact) mass is 446 g/mol. The van der Waals surface area contributed by atoms with Crippen LogP contribution in [0.15, 0.2) is 53.4 Å². The topological polar surface area (TPSA) is 108 Å². The molecule has 0 saturated carbocycles. The molecule has 0 unspecified atom stereocenters. The quantitative estimate of drug-likeness (QED) is 0.266. The number of benzene rings is 2. The van der Waals surface area contributed by atoms with Crippen LogP contribution in [0.1, 0.15) is 17.2 Å². The second-order valence-corrected chi connectivity index (χ2v) is 10.2. The molecular weight excluding hydrogens is 427 g/mol. The van der Waals surface area contributed by atoms with Gasteiger partial charge in [0.15, 0.2) is 5.12 Å². The highest BCUT2D eigenvalue weighted by Gasteiger charge is 2.40. The minimum atomic E-state index is -3.75. The Morgan fingerprint density at radius 1 is 1.11 bits per heavy atom. The number of halogens is 1. The van der Waals surface area contributed by atoms with E-state index in [2.05, 4.69) is 4.72 Å². The largest absolute Gasteiger partial charge is 0.349 e. The highest BCUT2D eigenvalue weighted by atomic mass is 35.5. The summed E-state index contributed by atoms with van der Waals surface area (Å²) in [6.07, 6.45) is 0. The van der Waals surface area contributed by atoms with Crippen LogP contribution >= 0.6 is 19.2 Å². The molecule has 2 aromatic rings. The van der Waals surface area contributed by atoms with Crippen molar-refractivity contribution in [1.29, 1.82) is 0 Å². The number of nitro benzene ring substituents is 1. The zero-order valence-electron chi connectivity index (χ0n) is 15.4. The van der Waals surface area contributed by atoms with Crippen LogP contribution in [-0.2, 0) is 24.6 Å². The SMILES string of the molecule is COP(=O)(OC)[C@@H](Cl)[C@H](N[S@@](=O)c1ccc(C)cc1)c1ccc([N+](=O)[O-])cc1. The van der Waals surface area contributed by atoms with Gasteiger partial charge in [-0.25, -0.2) is 8.93 Å². The number of hydrogen-bond donors (Lipinski definition) is 1. The van der Waals surface area contributed by atoms with Gasteiger partial charge >= 0.3 is 7.60 Å². The van der Waals surface area contributed by atoms with Gasteiger partial charge in [0.1, 0.15) is 11.0 Å². The minimum Gasteiger partial charge on any atom is -0.311 e. The molecule has 8 nitrogen and oxygen atoms in total. The molecule has 3 atom stereocenters. The van der Waals surface area contributed by atoms with E-state index in [1.54, 1.807) is 12.1 Å². The number of nitrogens with zero attached hydrogens (tertiary/aromatic N) is 1. The van der Waals surface area contributed by atoms with E-state index in [-0.39, 0.29) is 5.69 Å². The molecule has 0 saturated heterocycles. The summed E-state index contributed by atoms with van der Waals surface area (Å²) in [4.78, 5) is 10.8. The van der Waals surface area contributed by atoms with E-state index in [0.29, 0.717) is 10.5 Å². The van der Waals surface area contributed by atoms with E-state index >= 15 is 0 Å². The van der Waals surface area contributed by atoms with Crippen molar-refractivity contribution in [2.24, 2.45) is 0 Å². The average molecular weight is 447 g/mol. The minimum absolute atomic E-state index is 0.116. The predicted octanol–water partition coefficient (Wildman–Crippen LogP) is 4.31. The first-order chi connectivity index (χ1) is 13.2. The lowest BCUT2D eigenvalue weighted by Crippen LogP contribution is -2.31. The van der Waals surface area contributed by atoms with Crippen LogP contribution in [0.2, 0.25) is 0 Å². The van der Waals surface area contributed by atoms with Crippen molar-refractivity contribution in [2.75, 3.05) is 14.2 Å². The van der Waals surface area contributed by atoms with E-state index in [1.807, 2.05) is 19.1 Å². The molecule has 28 heavy (non-hydrogen) atoms. The molecule has 1 N–H and O–H groups in total. The van der Waals surface area contributed by atoms with Gasteiger partial charge in [-0.2, -0.15) is 0 Å². The maximum absolute atomic E-state index is 12.8. The van der Waals surface area contributed by atoms with Crippen LogP contribution in [0.3, 0.4) is 0 Å². The fraction of sp³-hybridized carbons (Fsp3) is 0.294. The van der Waals surface area contributed by atoms with Crippen molar-refractivity contribution < 1.29 is 22.7 Å². The fourth-order valence-electron chi connectivity index (χ4n) is 2.39. The van der Waals surface area contributed by atoms with Crippen LogP contribution in [0, 0.1) is 17.0 Å². The Labute approximate surface area is 170 Å². The van der Waals surface area contributed by atoms with Gasteiger partial charge in [-0.3, -0.25) is 14.7 Å². The summed E-state index contributed by atoms with van der Waals surface area (Å²) in [6, 6.07) is 11.5. The van der Waals surface area contributed by atoms with Crippen LogP contribution < -0.4 is 4.72 Å². The Kier molecular flexibility index (Phi) is 7.88. The Morgan fingerprint density at radius 2 is 1.64 bits per heavy atom. The van der Waals surface area contributed by atoms with Crippen LogP contribution in [-0.4, -0.2) is 28.5 Å². The van der Waals surface area contributed by atoms with Crippen molar-refractivity contribution in [2.45, 2.75) is 23.0 Å². The zero-order chi connectivity index (χ0) is 20.9.